The summed E-state index contributed by atoms with van der Waals surface area (Å²) in [6.07, 6.45) is 0.457. The Balaban J connectivity index is 3.25. The van der Waals surface area contributed by atoms with E-state index in [9.17, 15) is 10.1 Å². The van der Waals surface area contributed by atoms with E-state index in [0.29, 0.717) is 23.6 Å². The molecule has 20 heavy (non-hydrogen) atoms. The van der Waals surface area contributed by atoms with Gasteiger partial charge in [0.05, 0.1) is 25.2 Å². The highest BCUT2D eigenvalue weighted by atomic mass is 16.6. The Bertz CT molecular complexity index is 488. The summed E-state index contributed by atoms with van der Waals surface area (Å²) in [4.78, 5) is 10.7. The SMILES string of the molecule is COc1cc(NC(C)(C)CCO)c([N+](=O)[O-])cc1OC. The van der Waals surface area contributed by atoms with Crippen molar-refractivity contribution in [1.82, 2.24) is 0 Å². The maximum absolute atomic E-state index is 11.2. The van der Waals surface area contributed by atoms with Crippen LogP contribution in [0.15, 0.2) is 12.1 Å². The van der Waals surface area contributed by atoms with Gasteiger partial charge in [-0.1, -0.05) is 0 Å². The molecule has 7 nitrogen and oxygen atoms in total. The van der Waals surface area contributed by atoms with E-state index in [1.54, 1.807) is 0 Å². The molecule has 0 bridgehead atoms. The Labute approximate surface area is 117 Å². The highest BCUT2D eigenvalue weighted by molar-refractivity contribution is 5.69. The molecule has 2 N–H and O–H groups in total. The zero-order valence-electron chi connectivity index (χ0n) is 12.1. The van der Waals surface area contributed by atoms with Gasteiger partial charge in [-0.3, -0.25) is 10.1 Å². The summed E-state index contributed by atoms with van der Waals surface area (Å²) in [5.74, 6) is 0.699. The lowest BCUT2D eigenvalue weighted by molar-refractivity contribution is -0.384. The van der Waals surface area contributed by atoms with Crippen molar-refractivity contribution in [2.45, 2.75) is 25.8 Å². The maximum atomic E-state index is 11.2. The van der Waals surface area contributed by atoms with Gasteiger partial charge in [0, 0.05) is 18.2 Å². The Morgan fingerprint density at radius 1 is 1.30 bits per heavy atom. The van der Waals surface area contributed by atoms with E-state index >= 15 is 0 Å². The Morgan fingerprint density at radius 2 is 1.85 bits per heavy atom. The molecule has 0 radical (unpaired) electrons. The maximum Gasteiger partial charge on any atom is 0.296 e. The number of nitro groups is 1. The number of hydrogen-bond donors (Lipinski definition) is 2. The molecule has 0 aliphatic carbocycles. The molecule has 0 aliphatic rings. The minimum absolute atomic E-state index is 0.0128. The number of nitrogens with one attached hydrogen (secondary N) is 1. The normalized spacial score (nSPS) is 11.1. The summed E-state index contributed by atoms with van der Waals surface area (Å²) in [5.41, 5.74) is -0.265. The van der Waals surface area contributed by atoms with Crippen LogP contribution in [0.4, 0.5) is 11.4 Å². The molecule has 0 aliphatic heterocycles. The lowest BCUT2D eigenvalue weighted by Crippen LogP contribution is -2.32. The van der Waals surface area contributed by atoms with Gasteiger partial charge >= 0.3 is 0 Å². The third kappa shape index (κ3) is 3.74. The van der Waals surface area contributed by atoms with Crippen molar-refractivity contribution in [3.63, 3.8) is 0 Å². The van der Waals surface area contributed by atoms with E-state index in [1.165, 1.54) is 26.4 Å². The molecule has 0 fully saturated rings. The zero-order valence-corrected chi connectivity index (χ0v) is 12.1. The second kappa shape index (κ2) is 6.42. The van der Waals surface area contributed by atoms with Crippen molar-refractivity contribution in [2.24, 2.45) is 0 Å². The van der Waals surface area contributed by atoms with Gasteiger partial charge in [-0.25, -0.2) is 0 Å². The Kier molecular flexibility index (Phi) is 5.15. The molecule has 1 aromatic rings. The van der Waals surface area contributed by atoms with E-state index < -0.39 is 10.5 Å². The van der Waals surface area contributed by atoms with Crippen LogP contribution in [0.2, 0.25) is 0 Å². The molecule has 1 rings (SSSR count). The molecule has 0 amide bonds. The molecular weight excluding hydrogens is 264 g/mol. The van der Waals surface area contributed by atoms with Gasteiger partial charge in [-0.2, -0.15) is 0 Å². The fourth-order valence-electron chi connectivity index (χ4n) is 1.83. The lowest BCUT2D eigenvalue weighted by Gasteiger charge is -2.26. The van der Waals surface area contributed by atoms with Crippen LogP contribution < -0.4 is 14.8 Å². The van der Waals surface area contributed by atoms with Gasteiger partial charge < -0.3 is 19.9 Å². The minimum Gasteiger partial charge on any atom is -0.493 e. The van der Waals surface area contributed by atoms with E-state index in [-0.39, 0.29) is 12.3 Å². The summed E-state index contributed by atoms with van der Waals surface area (Å²) in [5, 5.41) is 23.2. The predicted molar refractivity (Wildman–Crippen MR) is 75.6 cm³/mol. The van der Waals surface area contributed by atoms with Crippen LogP contribution in [0.1, 0.15) is 20.3 Å². The van der Waals surface area contributed by atoms with Crippen molar-refractivity contribution in [1.29, 1.82) is 0 Å². The topological polar surface area (TPSA) is 93.9 Å². The van der Waals surface area contributed by atoms with Gasteiger partial charge in [0.1, 0.15) is 5.69 Å². The first-order chi connectivity index (χ1) is 9.34. The highest BCUT2D eigenvalue weighted by Gasteiger charge is 2.25. The molecule has 0 unspecified atom stereocenters. The van der Waals surface area contributed by atoms with Crippen molar-refractivity contribution < 1.29 is 19.5 Å². The van der Waals surface area contributed by atoms with Gasteiger partial charge in [0.2, 0.25) is 0 Å². The summed E-state index contributed by atoms with van der Waals surface area (Å²) >= 11 is 0. The van der Waals surface area contributed by atoms with Crippen molar-refractivity contribution in [3.8, 4) is 11.5 Å². The average molecular weight is 284 g/mol. The number of benzene rings is 1. The molecular formula is C13H20N2O5. The smallest absolute Gasteiger partial charge is 0.296 e. The lowest BCUT2D eigenvalue weighted by atomic mass is 10.0. The number of aliphatic hydroxyl groups is 1. The number of nitro benzene ring substituents is 1. The first-order valence-corrected chi connectivity index (χ1v) is 6.14. The van der Waals surface area contributed by atoms with Crippen molar-refractivity contribution >= 4 is 11.4 Å². The van der Waals surface area contributed by atoms with Crippen LogP contribution in [-0.2, 0) is 0 Å². The van der Waals surface area contributed by atoms with E-state index in [0.717, 1.165) is 0 Å². The van der Waals surface area contributed by atoms with Crippen LogP contribution in [-0.4, -0.2) is 36.4 Å². The molecule has 0 spiro atoms. The van der Waals surface area contributed by atoms with Crippen LogP contribution in [0, 0.1) is 10.1 Å². The molecule has 0 heterocycles. The number of rotatable bonds is 7. The fourth-order valence-corrected chi connectivity index (χ4v) is 1.83. The summed E-state index contributed by atoms with van der Waals surface area (Å²) in [6, 6.07) is 2.84. The molecule has 7 heteroatoms. The van der Waals surface area contributed by atoms with Gasteiger partial charge in [-0.05, 0) is 20.3 Å². The second-order valence-corrected chi connectivity index (χ2v) is 4.96. The standard InChI is InChI=1S/C13H20N2O5/c1-13(2,5-6-16)14-9-7-11(19-3)12(20-4)8-10(9)15(17)18/h7-8,14,16H,5-6H2,1-4H3. The third-order valence-electron chi connectivity index (χ3n) is 2.91. The van der Waals surface area contributed by atoms with Crippen molar-refractivity contribution in [2.75, 3.05) is 26.1 Å². The van der Waals surface area contributed by atoms with E-state index in [4.69, 9.17) is 14.6 Å². The second-order valence-electron chi connectivity index (χ2n) is 4.96. The highest BCUT2D eigenvalue weighted by Crippen LogP contribution is 2.38. The van der Waals surface area contributed by atoms with Gasteiger partial charge in [0.25, 0.3) is 5.69 Å². The van der Waals surface area contributed by atoms with Crippen molar-refractivity contribution in [3.05, 3.63) is 22.2 Å². The molecule has 112 valence electrons. The molecule has 1 aromatic carbocycles. The number of hydrogen-bond acceptors (Lipinski definition) is 6. The fraction of sp³-hybridized carbons (Fsp3) is 0.538. The third-order valence-corrected chi connectivity index (χ3v) is 2.91. The molecule has 0 aromatic heterocycles. The van der Waals surface area contributed by atoms with Crippen LogP contribution in [0.25, 0.3) is 0 Å². The number of ether oxygens (including phenoxy) is 2. The van der Waals surface area contributed by atoms with Gasteiger partial charge in [-0.15, -0.1) is 0 Å². The van der Waals surface area contributed by atoms with Crippen LogP contribution >= 0.6 is 0 Å². The minimum atomic E-state index is -0.487. The number of nitrogens with zero attached hydrogens (tertiary/aromatic N) is 1. The number of methoxy groups -OCH3 is 2. The van der Waals surface area contributed by atoms with Crippen LogP contribution in [0.5, 0.6) is 11.5 Å². The largest absolute Gasteiger partial charge is 0.493 e. The molecule has 0 atom stereocenters. The first kappa shape index (κ1) is 16.0. The van der Waals surface area contributed by atoms with Crippen LogP contribution in [0.3, 0.4) is 0 Å². The zero-order chi connectivity index (χ0) is 15.3. The average Bonchev–Trinajstić information content (AvgIpc) is 2.37. The quantitative estimate of drug-likeness (QED) is 0.588. The van der Waals surface area contributed by atoms with E-state index in [1.807, 2.05) is 13.8 Å². The van der Waals surface area contributed by atoms with E-state index in [2.05, 4.69) is 5.32 Å². The Morgan fingerprint density at radius 3 is 2.30 bits per heavy atom. The summed E-state index contributed by atoms with van der Waals surface area (Å²) in [7, 11) is 2.89. The van der Waals surface area contributed by atoms with Gasteiger partial charge in [0.15, 0.2) is 11.5 Å². The monoisotopic (exact) mass is 284 g/mol. The first-order valence-electron chi connectivity index (χ1n) is 6.14. The summed E-state index contributed by atoms with van der Waals surface area (Å²) < 4.78 is 10.2. The Hall–Kier alpha value is -2.02. The predicted octanol–water partition coefficient (Wildman–Crippen LogP) is 2.18. The number of anilines is 1. The molecule has 0 saturated heterocycles. The molecule has 0 saturated carbocycles. The number of aliphatic hydroxyl groups excluding tert-OH is 1. The summed E-state index contributed by atoms with van der Waals surface area (Å²) in [6.45, 7) is 3.69.